The van der Waals surface area contributed by atoms with Gasteiger partial charge in [-0.25, -0.2) is 8.42 Å². The van der Waals surface area contributed by atoms with Gasteiger partial charge in [0.05, 0.1) is 28.8 Å². The monoisotopic (exact) mass is 604 g/mol. The van der Waals surface area contributed by atoms with Gasteiger partial charge in [0.2, 0.25) is 0 Å². The number of aliphatic hydroxyl groups is 1. The summed E-state index contributed by atoms with van der Waals surface area (Å²) in [5.74, 6) is -1.02. The summed E-state index contributed by atoms with van der Waals surface area (Å²) in [5, 5.41) is 23.4. The van der Waals surface area contributed by atoms with Gasteiger partial charge in [0.25, 0.3) is 10.0 Å². The fraction of sp³-hybridized carbons (Fsp3) is 0.387. The summed E-state index contributed by atoms with van der Waals surface area (Å²) in [4.78, 5) is 10.6. The number of benzene rings is 3. The first-order valence-corrected chi connectivity index (χ1v) is 15.2. The molecule has 42 heavy (non-hydrogen) atoms. The van der Waals surface area contributed by atoms with Crippen LogP contribution >= 0.6 is 0 Å². The van der Waals surface area contributed by atoms with Crippen molar-refractivity contribution in [2.75, 3.05) is 17.4 Å². The molecule has 0 saturated carbocycles. The summed E-state index contributed by atoms with van der Waals surface area (Å²) in [6.45, 7) is 3.62. The first kappa shape index (κ1) is 31.5. The lowest BCUT2D eigenvalue weighted by Gasteiger charge is -2.35. The van der Waals surface area contributed by atoms with Gasteiger partial charge in [0.15, 0.2) is 0 Å². The highest BCUT2D eigenvalue weighted by Crippen LogP contribution is 2.45. The lowest BCUT2D eigenvalue weighted by Crippen LogP contribution is -2.48. The number of rotatable bonds is 12. The van der Waals surface area contributed by atoms with Crippen LogP contribution in [0.3, 0.4) is 0 Å². The fourth-order valence-electron chi connectivity index (χ4n) is 5.11. The number of fused-ring (bicyclic) bond motifs is 3. The second-order valence-corrected chi connectivity index (χ2v) is 13.1. The highest BCUT2D eigenvalue weighted by atomic mass is 32.2. The number of carboxylic acid groups (broad SMARTS) is 1. The SMILES string of the molecule is CC(C)(CCCc1ccccc1)NC[C@@H](O)CN1c2cc(CCC(=O)O)ccc2-c2ccc(C(F)(F)F)cc2S1(=O)=O. The van der Waals surface area contributed by atoms with Crippen LogP contribution in [-0.4, -0.2) is 49.3 Å². The Morgan fingerprint density at radius 2 is 1.64 bits per heavy atom. The van der Waals surface area contributed by atoms with Gasteiger partial charge < -0.3 is 15.5 Å². The van der Waals surface area contributed by atoms with Crippen LogP contribution < -0.4 is 9.62 Å². The van der Waals surface area contributed by atoms with Gasteiger partial charge in [0.1, 0.15) is 0 Å². The Bertz CT molecular complexity index is 1530. The number of hydrogen-bond acceptors (Lipinski definition) is 5. The largest absolute Gasteiger partial charge is 0.481 e. The van der Waals surface area contributed by atoms with Crippen LogP contribution in [0.1, 0.15) is 49.8 Å². The average Bonchev–Trinajstić information content (AvgIpc) is 2.93. The normalized spacial score (nSPS) is 15.1. The minimum atomic E-state index is -4.74. The zero-order valence-electron chi connectivity index (χ0n) is 23.5. The van der Waals surface area contributed by atoms with E-state index in [9.17, 15) is 31.5 Å². The van der Waals surface area contributed by atoms with Gasteiger partial charge in [-0.3, -0.25) is 9.10 Å². The molecule has 3 aromatic rings. The Morgan fingerprint density at radius 3 is 2.31 bits per heavy atom. The van der Waals surface area contributed by atoms with Gasteiger partial charge in [0, 0.05) is 29.6 Å². The molecule has 1 aliphatic heterocycles. The number of anilines is 1. The number of hydrogen-bond donors (Lipinski definition) is 3. The molecule has 0 bridgehead atoms. The summed E-state index contributed by atoms with van der Waals surface area (Å²) >= 11 is 0. The lowest BCUT2D eigenvalue weighted by atomic mass is 9.95. The molecule has 0 fully saturated rings. The van der Waals surface area contributed by atoms with Crippen molar-refractivity contribution in [3.8, 4) is 11.1 Å². The number of sulfonamides is 1. The summed E-state index contributed by atoms with van der Waals surface area (Å²) < 4.78 is 69.0. The fourth-order valence-corrected chi connectivity index (χ4v) is 6.86. The number of carbonyl (C=O) groups is 1. The number of carboxylic acids is 1. The zero-order chi connectivity index (χ0) is 30.7. The molecule has 1 heterocycles. The topological polar surface area (TPSA) is 107 Å². The number of nitrogens with zero attached hydrogens (tertiary/aromatic N) is 1. The highest BCUT2D eigenvalue weighted by molar-refractivity contribution is 7.93. The van der Waals surface area contributed by atoms with E-state index in [-0.39, 0.29) is 36.2 Å². The number of aryl methyl sites for hydroxylation is 2. The molecule has 1 atom stereocenters. The maximum Gasteiger partial charge on any atom is 0.416 e. The highest BCUT2D eigenvalue weighted by Gasteiger charge is 2.39. The van der Waals surface area contributed by atoms with Crippen molar-refractivity contribution in [3.05, 3.63) is 83.4 Å². The van der Waals surface area contributed by atoms with Crippen LogP contribution in [-0.2, 0) is 33.8 Å². The molecule has 226 valence electrons. The first-order chi connectivity index (χ1) is 19.7. The van der Waals surface area contributed by atoms with Crippen molar-refractivity contribution in [3.63, 3.8) is 0 Å². The summed E-state index contributed by atoms with van der Waals surface area (Å²) in [5.41, 5.74) is 1.00. The van der Waals surface area contributed by atoms with Crippen molar-refractivity contribution >= 4 is 21.7 Å². The zero-order valence-corrected chi connectivity index (χ0v) is 24.3. The Hall–Kier alpha value is -3.41. The molecule has 0 aliphatic carbocycles. The third kappa shape index (κ3) is 7.50. The van der Waals surface area contributed by atoms with E-state index < -0.39 is 45.3 Å². The number of aliphatic hydroxyl groups excluding tert-OH is 1. The van der Waals surface area contributed by atoms with Gasteiger partial charge in [-0.05, 0) is 68.9 Å². The average molecular weight is 605 g/mol. The number of aliphatic carboxylic acids is 1. The number of β-amino-alcohol motifs (C(OH)–C–C–N with tert-alkyl or cyclic N) is 1. The smallest absolute Gasteiger partial charge is 0.416 e. The molecule has 4 rings (SSSR count). The lowest BCUT2D eigenvalue weighted by molar-refractivity contribution is -0.138. The Labute approximate surface area is 244 Å². The Kier molecular flexibility index (Phi) is 9.34. The van der Waals surface area contributed by atoms with E-state index in [4.69, 9.17) is 5.11 Å². The molecule has 0 unspecified atom stereocenters. The van der Waals surface area contributed by atoms with Crippen LogP contribution in [0.4, 0.5) is 18.9 Å². The Balaban J connectivity index is 1.56. The van der Waals surface area contributed by atoms with E-state index in [2.05, 4.69) is 17.4 Å². The van der Waals surface area contributed by atoms with E-state index in [1.165, 1.54) is 11.6 Å². The molecule has 7 nitrogen and oxygen atoms in total. The summed E-state index contributed by atoms with van der Waals surface area (Å²) in [7, 11) is -4.49. The molecular formula is C31H35F3N2O5S. The minimum absolute atomic E-state index is 0.0494. The second kappa shape index (κ2) is 12.4. The van der Waals surface area contributed by atoms with Crippen molar-refractivity contribution in [2.45, 2.75) is 68.7 Å². The van der Waals surface area contributed by atoms with E-state index in [1.807, 2.05) is 32.0 Å². The first-order valence-electron chi connectivity index (χ1n) is 13.7. The molecule has 11 heteroatoms. The van der Waals surface area contributed by atoms with Crippen molar-refractivity contribution in [2.24, 2.45) is 0 Å². The number of halogens is 3. The van der Waals surface area contributed by atoms with Gasteiger partial charge >= 0.3 is 12.1 Å². The van der Waals surface area contributed by atoms with E-state index >= 15 is 0 Å². The second-order valence-electron chi connectivity index (χ2n) is 11.2. The maximum atomic E-state index is 13.8. The van der Waals surface area contributed by atoms with Crippen LogP contribution in [0.5, 0.6) is 0 Å². The molecule has 0 spiro atoms. The van der Waals surface area contributed by atoms with Crippen LogP contribution in [0, 0.1) is 0 Å². The van der Waals surface area contributed by atoms with Crippen LogP contribution in [0.25, 0.3) is 11.1 Å². The molecule has 0 amide bonds. The van der Waals surface area contributed by atoms with Gasteiger partial charge in [-0.15, -0.1) is 0 Å². The van der Waals surface area contributed by atoms with E-state index in [0.29, 0.717) is 17.2 Å². The standard InChI is InChI=1S/C31H35F3N2O5S/c1-30(2,16-6-9-21-7-4-3-5-8-21)35-19-24(37)20-36-27-17-22(11-15-29(38)39)10-13-25(27)26-14-12-23(31(32,33)34)18-28(26)42(36,40)41/h3-5,7-8,10,12-14,17-18,24,35,37H,6,9,11,15-16,19-20H2,1-2H3,(H,38,39)/t24-/m1/s1. The van der Waals surface area contributed by atoms with Gasteiger partial charge in [-0.2, -0.15) is 13.2 Å². The van der Waals surface area contributed by atoms with Crippen molar-refractivity contribution in [1.29, 1.82) is 0 Å². The molecule has 1 aliphatic rings. The van der Waals surface area contributed by atoms with Crippen molar-refractivity contribution < 1.29 is 36.6 Å². The van der Waals surface area contributed by atoms with E-state index in [0.717, 1.165) is 35.7 Å². The van der Waals surface area contributed by atoms with E-state index in [1.54, 1.807) is 12.1 Å². The molecule has 3 N–H and O–H groups in total. The van der Waals surface area contributed by atoms with Crippen LogP contribution in [0.2, 0.25) is 0 Å². The molecule has 0 radical (unpaired) electrons. The molecule has 0 aromatic heterocycles. The van der Waals surface area contributed by atoms with Crippen molar-refractivity contribution in [1.82, 2.24) is 5.32 Å². The summed E-state index contributed by atoms with van der Waals surface area (Å²) in [6.07, 6.45) is -3.39. The number of alkyl halides is 3. The maximum absolute atomic E-state index is 13.8. The Morgan fingerprint density at radius 1 is 0.952 bits per heavy atom. The predicted octanol–water partition coefficient (Wildman–Crippen LogP) is 5.65. The minimum Gasteiger partial charge on any atom is -0.481 e. The quantitative estimate of drug-likeness (QED) is 0.247. The number of nitrogens with one attached hydrogen (secondary N) is 1. The molecule has 3 aromatic carbocycles. The summed E-state index contributed by atoms with van der Waals surface area (Å²) in [6, 6.07) is 17.4. The van der Waals surface area contributed by atoms with Crippen LogP contribution in [0.15, 0.2) is 71.6 Å². The third-order valence-electron chi connectivity index (χ3n) is 7.43. The van der Waals surface area contributed by atoms with Gasteiger partial charge in [-0.1, -0.05) is 48.5 Å². The predicted molar refractivity (Wildman–Crippen MR) is 155 cm³/mol. The molecule has 0 saturated heterocycles. The third-order valence-corrected chi connectivity index (χ3v) is 9.25. The molecular weight excluding hydrogens is 569 g/mol.